The molecule has 0 aromatic carbocycles. The molecule has 316 valence electrons. The summed E-state index contributed by atoms with van der Waals surface area (Å²) in [5, 5.41) is 20.1. The van der Waals surface area contributed by atoms with Gasteiger partial charge in [0.05, 0.1) is 29.7 Å². The summed E-state index contributed by atoms with van der Waals surface area (Å²) in [7, 11) is 0. The number of hydrogen-bond donors (Lipinski definition) is 3. The molecule has 59 heavy (non-hydrogen) atoms. The van der Waals surface area contributed by atoms with Gasteiger partial charge in [-0.2, -0.15) is 10.2 Å². The van der Waals surface area contributed by atoms with Crippen LogP contribution in [0.15, 0.2) is 73.6 Å². The fraction of sp³-hybridized carbons (Fsp3) is 0.524. The van der Waals surface area contributed by atoms with Crippen LogP contribution in [0, 0.1) is 22.7 Å². The lowest BCUT2D eigenvalue weighted by molar-refractivity contribution is -0.139. The first-order valence-corrected chi connectivity index (χ1v) is 20.0. The molecular formula is C42H56N10O7. The van der Waals surface area contributed by atoms with Crippen LogP contribution >= 0.6 is 0 Å². The quantitative estimate of drug-likeness (QED) is 0.206. The Kier molecular flexibility index (Phi) is 12.3. The Morgan fingerprint density at radius 3 is 1.54 bits per heavy atom. The second-order valence-electron chi connectivity index (χ2n) is 17.8. The van der Waals surface area contributed by atoms with Crippen molar-refractivity contribution in [3.63, 3.8) is 0 Å². The molecule has 6 heterocycles. The number of nitrogen functional groups attached to an aromatic ring is 1. The van der Waals surface area contributed by atoms with Crippen molar-refractivity contribution in [3.8, 4) is 11.6 Å². The van der Waals surface area contributed by atoms with Gasteiger partial charge in [-0.15, -0.1) is 0 Å². The standard InChI is InChI=1S/C21H27N5O3.C13H21NO4.C8H8N4/c1-20(2,3)29-19(28)25-11-7-21(8-12-25)13-16(21)18(27)24-15-5-6-17(22-14-15)26-10-4-9-23-26;1-12(2,3)18-11(17)14-6-4-13(5-7-14)8-9(13)10(15)16;9-7-2-3-8(10-6-7)12-5-1-4-11-12/h4-6,9-10,14,16H,7-8,11-13H2,1-3H3,(H,24,27);9H,4-8H2,1-3H3,(H,15,16);1-6H,9H2. The summed E-state index contributed by atoms with van der Waals surface area (Å²) in [6.07, 6.45) is 14.6. The van der Waals surface area contributed by atoms with Crippen molar-refractivity contribution in [3.05, 3.63) is 73.6 Å². The first-order chi connectivity index (χ1) is 27.9. The van der Waals surface area contributed by atoms with Crippen LogP contribution < -0.4 is 11.1 Å². The van der Waals surface area contributed by atoms with Crippen LogP contribution in [-0.2, 0) is 19.1 Å². The minimum absolute atomic E-state index is 0.00548. The molecule has 17 heteroatoms. The zero-order chi connectivity index (χ0) is 42.6. The molecule has 4 aliphatic rings. The fourth-order valence-electron chi connectivity index (χ4n) is 7.61. The number of carbonyl (C=O) groups is 4. The van der Waals surface area contributed by atoms with Gasteiger partial charge in [-0.3, -0.25) is 9.59 Å². The molecule has 8 rings (SSSR count). The van der Waals surface area contributed by atoms with Crippen LogP contribution in [-0.4, -0.2) is 106 Å². The Bertz CT molecular complexity index is 2040. The molecule has 3 amide bonds. The molecule has 2 saturated heterocycles. The second-order valence-corrected chi connectivity index (χ2v) is 17.8. The number of piperidine rings is 2. The molecule has 17 nitrogen and oxygen atoms in total. The summed E-state index contributed by atoms with van der Waals surface area (Å²) in [5.41, 5.74) is 5.84. The summed E-state index contributed by atoms with van der Waals surface area (Å²) in [4.78, 5) is 59.6. The van der Waals surface area contributed by atoms with E-state index in [1.54, 1.807) is 50.0 Å². The number of carboxylic acid groups (broad SMARTS) is 1. The normalized spacial score (nSPS) is 20.0. The van der Waals surface area contributed by atoms with Gasteiger partial charge < -0.3 is 35.4 Å². The van der Waals surface area contributed by atoms with Crippen molar-refractivity contribution in [1.82, 2.24) is 39.3 Å². The van der Waals surface area contributed by atoms with E-state index in [1.165, 1.54) is 0 Å². The Labute approximate surface area is 344 Å². The van der Waals surface area contributed by atoms with Gasteiger partial charge in [0.15, 0.2) is 11.6 Å². The molecule has 4 N–H and O–H groups in total. The summed E-state index contributed by atoms with van der Waals surface area (Å²) in [5.74, 6) is 0.608. The number of nitrogens with one attached hydrogen (secondary N) is 1. The van der Waals surface area contributed by atoms with Crippen LogP contribution in [0.25, 0.3) is 11.6 Å². The van der Waals surface area contributed by atoms with Gasteiger partial charge in [0.1, 0.15) is 11.2 Å². The highest BCUT2D eigenvalue weighted by molar-refractivity contribution is 5.95. The highest BCUT2D eigenvalue weighted by Gasteiger charge is 2.60. The van der Waals surface area contributed by atoms with E-state index >= 15 is 0 Å². The summed E-state index contributed by atoms with van der Waals surface area (Å²) >= 11 is 0. The van der Waals surface area contributed by atoms with E-state index in [4.69, 9.17) is 20.3 Å². The Morgan fingerprint density at radius 2 is 1.17 bits per heavy atom. The van der Waals surface area contributed by atoms with Crippen molar-refractivity contribution >= 4 is 35.4 Å². The third-order valence-electron chi connectivity index (χ3n) is 11.1. The summed E-state index contributed by atoms with van der Waals surface area (Å²) in [6.45, 7) is 13.6. The molecule has 2 aliphatic carbocycles. The third kappa shape index (κ3) is 11.1. The van der Waals surface area contributed by atoms with Crippen molar-refractivity contribution < 1.29 is 33.8 Å². The van der Waals surface area contributed by atoms with Crippen LogP contribution in [0.3, 0.4) is 0 Å². The lowest BCUT2D eigenvalue weighted by Crippen LogP contribution is -2.42. The van der Waals surface area contributed by atoms with Gasteiger partial charge in [0.2, 0.25) is 5.91 Å². The Morgan fingerprint density at radius 1 is 0.712 bits per heavy atom. The molecule has 4 fully saturated rings. The zero-order valence-corrected chi connectivity index (χ0v) is 34.7. The highest BCUT2D eigenvalue weighted by Crippen LogP contribution is 2.60. The van der Waals surface area contributed by atoms with Gasteiger partial charge in [-0.25, -0.2) is 28.9 Å². The van der Waals surface area contributed by atoms with Crippen LogP contribution in [0.5, 0.6) is 0 Å². The molecule has 0 bridgehead atoms. The average molecular weight is 813 g/mol. The first kappa shape index (κ1) is 42.6. The van der Waals surface area contributed by atoms with Gasteiger partial charge in [-0.05, 0) is 127 Å². The lowest BCUT2D eigenvalue weighted by Gasteiger charge is -2.34. The van der Waals surface area contributed by atoms with Gasteiger partial charge >= 0.3 is 18.2 Å². The number of carboxylic acids is 1. The number of rotatable bonds is 5. The maximum atomic E-state index is 12.7. The number of hydrogen-bond acceptors (Lipinski definition) is 11. The predicted molar refractivity (Wildman–Crippen MR) is 219 cm³/mol. The SMILES string of the molecule is CC(C)(C)OC(=O)N1CCC2(CC1)CC2C(=O)Nc1ccc(-n2cccn2)nc1.CC(C)(C)OC(=O)N1CCC2(CC1)CC2C(=O)O.Nc1ccc(-n2cccn2)nc1. The van der Waals surface area contributed by atoms with E-state index in [2.05, 4.69) is 25.5 Å². The Balaban J connectivity index is 0.000000165. The van der Waals surface area contributed by atoms with E-state index < -0.39 is 17.2 Å². The molecule has 4 aromatic rings. The van der Waals surface area contributed by atoms with E-state index in [0.717, 1.165) is 44.3 Å². The average Bonchev–Trinajstić information content (AvgIpc) is 3.79. The summed E-state index contributed by atoms with van der Waals surface area (Å²) in [6, 6.07) is 11.0. The second kappa shape index (κ2) is 17.1. The highest BCUT2D eigenvalue weighted by atomic mass is 16.6. The van der Waals surface area contributed by atoms with E-state index in [-0.39, 0.29) is 40.8 Å². The molecule has 4 aromatic heterocycles. The molecule has 2 aliphatic heterocycles. The zero-order valence-electron chi connectivity index (χ0n) is 34.7. The third-order valence-corrected chi connectivity index (χ3v) is 11.1. The molecule has 2 unspecified atom stereocenters. The van der Waals surface area contributed by atoms with Gasteiger partial charge in [-0.1, -0.05) is 0 Å². The Hall–Kier alpha value is -6.00. The number of pyridine rings is 2. The van der Waals surface area contributed by atoms with Crippen molar-refractivity contribution in [2.45, 2.75) is 91.3 Å². The van der Waals surface area contributed by atoms with Crippen LogP contribution in [0.2, 0.25) is 0 Å². The smallest absolute Gasteiger partial charge is 0.410 e. The van der Waals surface area contributed by atoms with Gasteiger partial charge in [0.25, 0.3) is 0 Å². The lowest BCUT2D eigenvalue weighted by atomic mass is 9.91. The molecular weight excluding hydrogens is 757 g/mol. The number of nitrogens with two attached hydrogens (primary N) is 1. The number of anilines is 2. The number of amides is 3. The molecule has 2 saturated carbocycles. The van der Waals surface area contributed by atoms with Crippen LogP contribution in [0.4, 0.5) is 21.0 Å². The monoisotopic (exact) mass is 812 g/mol. The molecule has 0 radical (unpaired) electrons. The van der Waals surface area contributed by atoms with E-state index in [9.17, 15) is 19.2 Å². The predicted octanol–water partition coefficient (Wildman–Crippen LogP) is 6.20. The number of ether oxygens (including phenoxy) is 2. The van der Waals surface area contributed by atoms with Crippen LogP contribution in [0.1, 0.15) is 80.1 Å². The van der Waals surface area contributed by atoms with E-state index in [0.29, 0.717) is 43.4 Å². The number of aliphatic carboxylic acids is 1. The maximum absolute atomic E-state index is 12.7. The van der Waals surface area contributed by atoms with E-state index in [1.807, 2.05) is 84.3 Å². The van der Waals surface area contributed by atoms with Crippen molar-refractivity contribution in [2.75, 3.05) is 37.2 Å². The maximum Gasteiger partial charge on any atom is 0.410 e. The molecule has 2 spiro atoms. The number of carbonyl (C=O) groups excluding carboxylic acids is 3. The molecule has 2 atom stereocenters. The van der Waals surface area contributed by atoms with Crippen molar-refractivity contribution in [2.24, 2.45) is 22.7 Å². The largest absolute Gasteiger partial charge is 0.481 e. The fourth-order valence-corrected chi connectivity index (χ4v) is 7.61. The van der Waals surface area contributed by atoms with Gasteiger partial charge in [0, 0.05) is 56.9 Å². The van der Waals surface area contributed by atoms with Crippen molar-refractivity contribution in [1.29, 1.82) is 0 Å². The first-order valence-electron chi connectivity index (χ1n) is 20.0. The number of aromatic nitrogens is 6. The number of nitrogens with zero attached hydrogens (tertiary/aromatic N) is 8. The minimum Gasteiger partial charge on any atom is -0.481 e. The summed E-state index contributed by atoms with van der Waals surface area (Å²) < 4.78 is 14.1. The topological polar surface area (TPSA) is 213 Å². The minimum atomic E-state index is -0.694. The number of likely N-dealkylation sites (tertiary alicyclic amines) is 2.